The standard InChI is InChI=1S/C17H14N4O2/c1-22-13-6-3-2-5-12(13)11-9-15(18)21-16(10-11)19-17(20-21)14-7-4-8-23-14/h2-10H,18H2,1H3. The minimum Gasteiger partial charge on any atom is -0.496 e. The Kier molecular flexibility index (Phi) is 3.01. The van der Waals surface area contributed by atoms with Gasteiger partial charge in [0.2, 0.25) is 5.82 Å². The lowest BCUT2D eigenvalue weighted by molar-refractivity contribution is 0.416. The van der Waals surface area contributed by atoms with Crippen molar-refractivity contribution in [3.05, 3.63) is 54.8 Å². The monoisotopic (exact) mass is 306 g/mol. The van der Waals surface area contributed by atoms with Gasteiger partial charge in [0.25, 0.3) is 0 Å². The van der Waals surface area contributed by atoms with Crippen LogP contribution in [0.4, 0.5) is 5.82 Å². The van der Waals surface area contributed by atoms with Crippen LogP contribution in [-0.4, -0.2) is 21.7 Å². The Labute approximate surface area is 132 Å². The number of hydrogen-bond donors (Lipinski definition) is 1. The lowest BCUT2D eigenvalue weighted by Crippen LogP contribution is -1.99. The van der Waals surface area contributed by atoms with Crippen LogP contribution in [-0.2, 0) is 0 Å². The zero-order valence-electron chi connectivity index (χ0n) is 12.4. The van der Waals surface area contributed by atoms with Crippen LogP contribution in [0.15, 0.2) is 59.2 Å². The topological polar surface area (TPSA) is 78.6 Å². The molecule has 0 aliphatic rings. The van der Waals surface area contributed by atoms with Crippen LogP contribution in [0.1, 0.15) is 0 Å². The molecular formula is C17H14N4O2. The first-order valence-corrected chi connectivity index (χ1v) is 7.10. The molecule has 1 aromatic carbocycles. The highest BCUT2D eigenvalue weighted by atomic mass is 16.5. The Hall–Kier alpha value is -3.28. The molecule has 0 amide bonds. The molecule has 0 aliphatic carbocycles. The number of nitrogens with two attached hydrogens (primary N) is 1. The molecule has 4 aromatic rings. The number of nitrogens with zero attached hydrogens (tertiary/aromatic N) is 3. The van der Waals surface area contributed by atoms with Crippen molar-refractivity contribution in [1.82, 2.24) is 14.6 Å². The van der Waals surface area contributed by atoms with E-state index in [-0.39, 0.29) is 0 Å². The first-order valence-electron chi connectivity index (χ1n) is 7.10. The molecule has 0 saturated heterocycles. The van der Waals surface area contributed by atoms with Crippen LogP contribution < -0.4 is 10.5 Å². The molecule has 6 nitrogen and oxygen atoms in total. The Morgan fingerprint density at radius 2 is 2.00 bits per heavy atom. The molecule has 3 heterocycles. The predicted octanol–water partition coefficient (Wildman–Crippen LogP) is 3.25. The average molecular weight is 306 g/mol. The van der Waals surface area contributed by atoms with Gasteiger partial charge >= 0.3 is 0 Å². The fraction of sp³-hybridized carbons (Fsp3) is 0.0588. The van der Waals surface area contributed by atoms with Crippen molar-refractivity contribution >= 4 is 11.5 Å². The summed E-state index contributed by atoms with van der Waals surface area (Å²) in [5.74, 6) is 2.38. The van der Waals surface area contributed by atoms with E-state index in [1.165, 1.54) is 0 Å². The van der Waals surface area contributed by atoms with E-state index >= 15 is 0 Å². The summed E-state index contributed by atoms with van der Waals surface area (Å²) >= 11 is 0. The first kappa shape index (κ1) is 13.4. The third-order valence-corrected chi connectivity index (χ3v) is 3.62. The van der Waals surface area contributed by atoms with E-state index in [1.807, 2.05) is 42.5 Å². The second-order valence-corrected chi connectivity index (χ2v) is 5.05. The number of rotatable bonds is 3. The van der Waals surface area contributed by atoms with Gasteiger partial charge in [-0.25, -0.2) is 4.98 Å². The summed E-state index contributed by atoms with van der Waals surface area (Å²) in [6.45, 7) is 0. The molecule has 4 rings (SSSR count). The summed E-state index contributed by atoms with van der Waals surface area (Å²) in [4.78, 5) is 4.49. The molecule has 0 atom stereocenters. The van der Waals surface area contributed by atoms with Gasteiger partial charge < -0.3 is 14.9 Å². The number of pyridine rings is 1. The maximum atomic E-state index is 6.14. The fourth-order valence-electron chi connectivity index (χ4n) is 2.56. The number of anilines is 1. The second-order valence-electron chi connectivity index (χ2n) is 5.05. The van der Waals surface area contributed by atoms with Gasteiger partial charge in [-0.2, -0.15) is 4.52 Å². The predicted molar refractivity (Wildman–Crippen MR) is 87.1 cm³/mol. The van der Waals surface area contributed by atoms with Gasteiger partial charge in [-0.3, -0.25) is 0 Å². The van der Waals surface area contributed by atoms with Gasteiger partial charge in [-0.05, 0) is 35.9 Å². The number of aromatic nitrogens is 3. The highest BCUT2D eigenvalue weighted by Crippen LogP contribution is 2.32. The molecule has 0 unspecified atom stereocenters. The highest BCUT2D eigenvalue weighted by Gasteiger charge is 2.13. The molecule has 2 N–H and O–H groups in total. The summed E-state index contributed by atoms with van der Waals surface area (Å²) in [7, 11) is 1.65. The van der Waals surface area contributed by atoms with Gasteiger partial charge in [-0.1, -0.05) is 18.2 Å². The van der Waals surface area contributed by atoms with E-state index in [4.69, 9.17) is 14.9 Å². The highest BCUT2D eigenvalue weighted by molar-refractivity contribution is 5.76. The summed E-state index contributed by atoms with van der Waals surface area (Å²) in [5.41, 5.74) is 8.66. The lowest BCUT2D eigenvalue weighted by atomic mass is 10.1. The summed E-state index contributed by atoms with van der Waals surface area (Å²) in [6, 6.07) is 15.2. The van der Waals surface area contributed by atoms with Crippen LogP contribution >= 0.6 is 0 Å². The van der Waals surface area contributed by atoms with Crippen LogP contribution in [0.5, 0.6) is 5.75 Å². The van der Waals surface area contributed by atoms with Gasteiger partial charge in [0.15, 0.2) is 11.4 Å². The Morgan fingerprint density at radius 1 is 1.13 bits per heavy atom. The minimum atomic E-state index is 0.494. The van der Waals surface area contributed by atoms with Crippen molar-refractivity contribution < 1.29 is 9.15 Å². The number of hydrogen-bond acceptors (Lipinski definition) is 5. The van der Waals surface area contributed by atoms with Crippen molar-refractivity contribution in [1.29, 1.82) is 0 Å². The Balaban J connectivity index is 1.90. The SMILES string of the molecule is COc1ccccc1-c1cc(N)n2nc(-c3ccco3)nc2c1. The van der Waals surface area contributed by atoms with Crippen LogP contribution in [0, 0.1) is 0 Å². The van der Waals surface area contributed by atoms with Gasteiger partial charge in [-0.15, -0.1) is 5.10 Å². The molecule has 23 heavy (non-hydrogen) atoms. The third kappa shape index (κ3) is 2.20. The Bertz CT molecular complexity index is 974. The van der Waals surface area contributed by atoms with Gasteiger partial charge in [0, 0.05) is 5.56 Å². The number of furan rings is 1. The maximum absolute atomic E-state index is 6.14. The zero-order chi connectivity index (χ0) is 15.8. The summed E-state index contributed by atoms with van der Waals surface area (Å²) in [5, 5.41) is 4.39. The number of benzene rings is 1. The molecule has 0 radical (unpaired) electrons. The van der Waals surface area contributed by atoms with Crippen LogP contribution in [0.3, 0.4) is 0 Å². The van der Waals surface area contributed by atoms with E-state index in [9.17, 15) is 0 Å². The molecule has 0 bridgehead atoms. The largest absolute Gasteiger partial charge is 0.496 e. The molecule has 114 valence electrons. The van der Waals surface area contributed by atoms with Gasteiger partial charge in [0.05, 0.1) is 13.4 Å². The molecule has 0 aliphatic heterocycles. The molecule has 0 saturated carbocycles. The van der Waals surface area contributed by atoms with E-state index in [2.05, 4.69) is 10.1 Å². The molecule has 3 aromatic heterocycles. The van der Waals surface area contributed by atoms with Crippen molar-refractivity contribution in [2.45, 2.75) is 0 Å². The number of fused-ring (bicyclic) bond motifs is 1. The molecule has 0 fully saturated rings. The van der Waals surface area contributed by atoms with E-state index < -0.39 is 0 Å². The maximum Gasteiger partial charge on any atom is 0.217 e. The van der Waals surface area contributed by atoms with E-state index in [1.54, 1.807) is 24.0 Å². The van der Waals surface area contributed by atoms with Crippen molar-refractivity contribution in [3.8, 4) is 28.5 Å². The summed E-state index contributed by atoms with van der Waals surface area (Å²) in [6.07, 6.45) is 1.59. The second kappa shape index (κ2) is 5.17. The zero-order valence-corrected chi connectivity index (χ0v) is 12.4. The van der Waals surface area contributed by atoms with Crippen molar-refractivity contribution in [2.24, 2.45) is 0 Å². The van der Waals surface area contributed by atoms with E-state index in [0.717, 1.165) is 16.9 Å². The third-order valence-electron chi connectivity index (χ3n) is 3.62. The number of methoxy groups -OCH3 is 1. The number of para-hydroxylation sites is 1. The molecule has 0 spiro atoms. The fourth-order valence-corrected chi connectivity index (χ4v) is 2.56. The van der Waals surface area contributed by atoms with Crippen LogP contribution in [0.2, 0.25) is 0 Å². The molecule has 6 heteroatoms. The number of nitrogen functional groups attached to an aromatic ring is 1. The normalized spacial score (nSPS) is 11.0. The average Bonchev–Trinajstić information content (AvgIpc) is 3.23. The minimum absolute atomic E-state index is 0.494. The van der Waals surface area contributed by atoms with Crippen LogP contribution in [0.25, 0.3) is 28.4 Å². The lowest BCUT2D eigenvalue weighted by Gasteiger charge is -2.09. The number of ether oxygens (including phenoxy) is 1. The summed E-state index contributed by atoms with van der Waals surface area (Å²) < 4.78 is 12.4. The van der Waals surface area contributed by atoms with Crippen molar-refractivity contribution in [3.63, 3.8) is 0 Å². The quantitative estimate of drug-likeness (QED) is 0.628. The molecular weight excluding hydrogens is 292 g/mol. The Morgan fingerprint density at radius 3 is 2.78 bits per heavy atom. The van der Waals surface area contributed by atoms with Crippen molar-refractivity contribution in [2.75, 3.05) is 12.8 Å². The van der Waals surface area contributed by atoms with Gasteiger partial charge in [0.1, 0.15) is 11.6 Å². The van der Waals surface area contributed by atoms with E-state index in [0.29, 0.717) is 23.0 Å². The first-order chi connectivity index (χ1) is 11.3. The smallest absolute Gasteiger partial charge is 0.217 e.